The second-order valence-corrected chi connectivity index (χ2v) is 8.22. The Bertz CT molecular complexity index is 1090. The summed E-state index contributed by atoms with van der Waals surface area (Å²) < 4.78 is 20.0. The second kappa shape index (κ2) is 17.0. The van der Waals surface area contributed by atoms with Crippen molar-refractivity contribution in [2.75, 3.05) is 13.2 Å². The third kappa shape index (κ3) is 11.9. The highest BCUT2D eigenvalue weighted by Crippen LogP contribution is 2.05. The maximum absolute atomic E-state index is 11.4. The average molecular weight is 513 g/mol. The summed E-state index contributed by atoms with van der Waals surface area (Å²) in [5, 5.41) is 0. The van der Waals surface area contributed by atoms with Gasteiger partial charge in [-0.1, -0.05) is 121 Å². The predicted molar refractivity (Wildman–Crippen MR) is 145 cm³/mol. The Hall–Kier alpha value is -4.58. The fourth-order valence-corrected chi connectivity index (χ4v) is 3.31. The van der Waals surface area contributed by atoms with Crippen LogP contribution in [0, 0.1) is 0 Å². The number of hydrogen-bond donors (Lipinski definition) is 0. The first kappa shape index (κ1) is 28.0. The molecule has 0 N–H and O–H groups in total. The highest BCUT2D eigenvalue weighted by atomic mass is 16.7. The van der Waals surface area contributed by atoms with E-state index in [0.717, 1.165) is 22.3 Å². The van der Waals surface area contributed by atoms with Crippen LogP contribution in [0.5, 0.6) is 0 Å². The summed E-state index contributed by atoms with van der Waals surface area (Å²) in [4.78, 5) is 22.7. The van der Waals surface area contributed by atoms with Gasteiger partial charge >= 0.3 is 12.3 Å². The Kier molecular flexibility index (Phi) is 12.5. The van der Waals surface area contributed by atoms with Crippen molar-refractivity contribution in [2.45, 2.75) is 26.1 Å². The Morgan fingerprint density at radius 1 is 0.395 bits per heavy atom. The molecule has 0 saturated carbocycles. The minimum atomic E-state index is -0.650. The number of carbonyl (C=O) groups excluding carboxylic acids is 2. The fraction of sp³-hybridized carbons (Fsp3) is 0.188. The van der Waals surface area contributed by atoms with Crippen molar-refractivity contribution in [3.63, 3.8) is 0 Å². The van der Waals surface area contributed by atoms with Gasteiger partial charge in [0, 0.05) is 12.8 Å². The lowest BCUT2D eigenvalue weighted by atomic mass is 10.2. The lowest BCUT2D eigenvalue weighted by Crippen LogP contribution is -2.11. The van der Waals surface area contributed by atoms with Gasteiger partial charge in [0.25, 0.3) is 0 Å². The summed E-state index contributed by atoms with van der Waals surface area (Å²) in [6.45, 7) is 1.14. The summed E-state index contributed by atoms with van der Waals surface area (Å²) in [5.74, 6) is 0. The van der Waals surface area contributed by atoms with E-state index in [2.05, 4.69) is 0 Å². The van der Waals surface area contributed by atoms with Crippen LogP contribution in [0.2, 0.25) is 0 Å². The lowest BCUT2D eigenvalue weighted by molar-refractivity contribution is 0.0446. The molecule has 0 fully saturated rings. The van der Waals surface area contributed by atoms with Crippen LogP contribution in [0.3, 0.4) is 0 Å². The van der Waals surface area contributed by atoms with Crippen LogP contribution in [0.1, 0.15) is 22.3 Å². The number of ether oxygens (including phenoxy) is 4. The highest BCUT2D eigenvalue weighted by Gasteiger charge is 2.05. The molecule has 6 nitrogen and oxygen atoms in total. The van der Waals surface area contributed by atoms with Gasteiger partial charge in [0.15, 0.2) is 0 Å². The van der Waals surface area contributed by atoms with Crippen molar-refractivity contribution < 1.29 is 28.5 Å². The molecule has 196 valence electrons. The first-order chi connectivity index (χ1) is 18.7. The van der Waals surface area contributed by atoms with Gasteiger partial charge in [0.1, 0.15) is 13.2 Å². The quantitative estimate of drug-likeness (QED) is 0.210. The Balaban J connectivity index is 0.000000212. The number of benzene rings is 4. The zero-order chi connectivity index (χ0) is 26.7. The van der Waals surface area contributed by atoms with Crippen LogP contribution in [-0.4, -0.2) is 25.5 Å². The minimum Gasteiger partial charge on any atom is -0.434 e. The molecule has 4 rings (SSSR count). The summed E-state index contributed by atoms with van der Waals surface area (Å²) in [7, 11) is 0. The molecule has 0 heterocycles. The van der Waals surface area contributed by atoms with E-state index in [1.807, 2.05) is 121 Å². The second-order valence-electron chi connectivity index (χ2n) is 8.22. The van der Waals surface area contributed by atoms with Crippen molar-refractivity contribution >= 4 is 12.3 Å². The summed E-state index contributed by atoms with van der Waals surface area (Å²) in [6, 6.07) is 38.8. The van der Waals surface area contributed by atoms with Crippen LogP contribution in [-0.2, 0) is 45.0 Å². The average Bonchev–Trinajstić information content (AvgIpc) is 2.97. The summed E-state index contributed by atoms with van der Waals surface area (Å²) in [6.07, 6.45) is 0.156. The van der Waals surface area contributed by atoms with Gasteiger partial charge in [-0.05, 0) is 22.3 Å². The van der Waals surface area contributed by atoms with Crippen LogP contribution in [0.25, 0.3) is 0 Å². The van der Waals surface area contributed by atoms with Gasteiger partial charge in [0.2, 0.25) is 0 Å². The molecule has 0 saturated heterocycles. The van der Waals surface area contributed by atoms with Gasteiger partial charge in [-0.15, -0.1) is 0 Å². The molecule has 4 aromatic rings. The normalized spacial score (nSPS) is 9.89. The van der Waals surface area contributed by atoms with Gasteiger partial charge < -0.3 is 18.9 Å². The summed E-state index contributed by atoms with van der Waals surface area (Å²) >= 11 is 0. The molecule has 0 aromatic heterocycles. The number of hydrogen-bond acceptors (Lipinski definition) is 6. The molecule has 6 heteroatoms. The van der Waals surface area contributed by atoms with E-state index in [1.165, 1.54) is 0 Å². The first-order valence-electron chi connectivity index (χ1n) is 12.4. The molecule has 0 aliphatic heterocycles. The lowest BCUT2D eigenvalue weighted by Gasteiger charge is -2.06. The van der Waals surface area contributed by atoms with Crippen molar-refractivity contribution in [2.24, 2.45) is 0 Å². The van der Waals surface area contributed by atoms with Crippen molar-refractivity contribution in [3.05, 3.63) is 144 Å². The number of rotatable bonds is 10. The Labute approximate surface area is 223 Å². The van der Waals surface area contributed by atoms with Gasteiger partial charge in [0.05, 0.1) is 13.2 Å². The van der Waals surface area contributed by atoms with Crippen molar-refractivity contribution in [1.82, 2.24) is 0 Å². The topological polar surface area (TPSA) is 71.1 Å². The fourth-order valence-electron chi connectivity index (χ4n) is 3.31. The predicted octanol–water partition coefficient (Wildman–Crippen LogP) is 7.17. The molecular formula is C32H32O6. The van der Waals surface area contributed by atoms with Gasteiger partial charge in [-0.25, -0.2) is 9.59 Å². The Morgan fingerprint density at radius 2 is 0.684 bits per heavy atom. The van der Waals surface area contributed by atoms with E-state index in [4.69, 9.17) is 18.9 Å². The summed E-state index contributed by atoms with van der Waals surface area (Å²) in [5.41, 5.74) is 4.16. The molecule has 38 heavy (non-hydrogen) atoms. The largest absolute Gasteiger partial charge is 0.508 e. The number of carbonyl (C=O) groups is 2. The first-order valence-corrected chi connectivity index (χ1v) is 12.4. The zero-order valence-electron chi connectivity index (χ0n) is 21.2. The smallest absolute Gasteiger partial charge is 0.434 e. The van der Waals surface area contributed by atoms with Gasteiger partial charge in [-0.3, -0.25) is 0 Å². The van der Waals surface area contributed by atoms with E-state index < -0.39 is 12.3 Å². The molecule has 0 atom stereocenters. The molecule has 4 aromatic carbocycles. The van der Waals surface area contributed by atoms with Crippen molar-refractivity contribution in [3.8, 4) is 0 Å². The van der Waals surface area contributed by atoms with Crippen LogP contribution in [0.4, 0.5) is 9.59 Å². The van der Waals surface area contributed by atoms with Crippen LogP contribution >= 0.6 is 0 Å². The molecule has 0 radical (unpaired) electrons. The van der Waals surface area contributed by atoms with E-state index in [1.54, 1.807) is 0 Å². The maximum Gasteiger partial charge on any atom is 0.508 e. The van der Waals surface area contributed by atoms with E-state index in [9.17, 15) is 9.59 Å². The van der Waals surface area contributed by atoms with Crippen molar-refractivity contribution in [1.29, 1.82) is 0 Å². The monoisotopic (exact) mass is 512 g/mol. The molecule has 0 amide bonds. The standard InChI is InChI=1S/C17H18O3.C15H14O3/c18-17(19-13-11-15-7-3-1-4-8-15)20-14-12-16-9-5-2-6-10-16;16-15(17-11-13-7-3-1-4-8-13)18-12-14-9-5-2-6-10-14/h1-10H,11-14H2;1-10H,11-12H2. The molecule has 0 spiro atoms. The molecule has 0 unspecified atom stereocenters. The molecular weight excluding hydrogens is 480 g/mol. The third-order valence-electron chi connectivity index (χ3n) is 5.31. The van der Waals surface area contributed by atoms with E-state index >= 15 is 0 Å². The highest BCUT2D eigenvalue weighted by molar-refractivity contribution is 5.60. The Morgan fingerprint density at radius 3 is 1.03 bits per heavy atom. The SMILES string of the molecule is O=C(OCCc1ccccc1)OCCc1ccccc1.O=C(OCc1ccccc1)OCc1ccccc1. The molecule has 0 aliphatic rings. The van der Waals surface area contributed by atoms with E-state index in [0.29, 0.717) is 26.1 Å². The minimum absolute atomic E-state index is 0.231. The zero-order valence-corrected chi connectivity index (χ0v) is 21.2. The molecule has 0 bridgehead atoms. The van der Waals surface area contributed by atoms with Gasteiger partial charge in [-0.2, -0.15) is 0 Å². The molecule has 0 aliphatic carbocycles. The van der Waals surface area contributed by atoms with Crippen LogP contribution in [0.15, 0.2) is 121 Å². The maximum atomic E-state index is 11.4. The third-order valence-corrected chi connectivity index (χ3v) is 5.31. The van der Waals surface area contributed by atoms with E-state index in [-0.39, 0.29) is 13.2 Å². The van der Waals surface area contributed by atoms with Crippen LogP contribution < -0.4 is 0 Å².